The van der Waals surface area contributed by atoms with E-state index in [1.165, 1.54) is 6.42 Å². The summed E-state index contributed by atoms with van der Waals surface area (Å²) < 4.78 is 12.4. The number of benzene rings is 1. The van der Waals surface area contributed by atoms with Gasteiger partial charge in [-0.3, -0.25) is 24.6 Å². The van der Waals surface area contributed by atoms with Gasteiger partial charge in [-0.2, -0.15) is 5.10 Å². The molecule has 10 nitrogen and oxygen atoms in total. The van der Waals surface area contributed by atoms with E-state index in [9.17, 15) is 14.4 Å². The van der Waals surface area contributed by atoms with E-state index in [0.29, 0.717) is 30.5 Å². The average Bonchev–Trinajstić information content (AvgIpc) is 3.18. The van der Waals surface area contributed by atoms with Gasteiger partial charge in [-0.25, -0.2) is 0 Å². The van der Waals surface area contributed by atoms with Gasteiger partial charge < -0.3 is 14.4 Å². The van der Waals surface area contributed by atoms with E-state index in [0.717, 1.165) is 43.7 Å². The molecule has 0 radical (unpaired) electrons. The molecular formula is C26H29N5O5. The van der Waals surface area contributed by atoms with Gasteiger partial charge in [-0.1, -0.05) is 6.42 Å². The van der Waals surface area contributed by atoms with Crippen molar-refractivity contribution in [2.24, 2.45) is 0 Å². The zero-order valence-electron chi connectivity index (χ0n) is 20.0. The third kappa shape index (κ3) is 4.41. The lowest BCUT2D eigenvalue weighted by atomic mass is 9.89. The van der Waals surface area contributed by atoms with Gasteiger partial charge in [-0.15, -0.1) is 5.10 Å². The van der Waals surface area contributed by atoms with E-state index in [1.54, 1.807) is 17.2 Å². The molecule has 1 aliphatic carbocycles. The highest BCUT2D eigenvalue weighted by Crippen LogP contribution is 2.34. The Kier molecular flexibility index (Phi) is 6.04. The summed E-state index contributed by atoms with van der Waals surface area (Å²) in [6.07, 6.45) is 6.77. The van der Waals surface area contributed by atoms with Crippen LogP contribution >= 0.6 is 0 Å². The minimum Gasteiger partial charge on any atom is -0.489 e. The topological polar surface area (TPSA) is 114 Å². The number of aromatic nitrogens is 2. The number of ether oxygens (including phenoxy) is 2. The molecule has 1 aromatic carbocycles. The molecule has 3 atom stereocenters. The molecule has 3 fully saturated rings. The van der Waals surface area contributed by atoms with Crippen molar-refractivity contribution in [1.82, 2.24) is 25.3 Å². The van der Waals surface area contributed by atoms with Gasteiger partial charge in [0.15, 0.2) is 0 Å². The maximum atomic E-state index is 13.0. The highest BCUT2D eigenvalue weighted by Gasteiger charge is 2.41. The Morgan fingerprint density at radius 1 is 1.00 bits per heavy atom. The van der Waals surface area contributed by atoms with Crippen molar-refractivity contribution in [2.75, 3.05) is 13.1 Å². The number of rotatable bonds is 6. The van der Waals surface area contributed by atoms with Crippen LogP contribution in [0.1, 0.15) is 54.4 Å². The Morgan fingerprint density at radius 3 is 2.67 bits per heavy atom. The van der Waals surface area contributed by atoms with Crippen molar-refractivity contribution in [2.45, 2.75) is 69.4 Å². The second-order valence-corrected chi connectivity index (χ2v) is 9.98. The summed E-state index contributed by atoms with van der Waals surface area (Å²) in [6, 6.07) is 8.92. The molecule has 6 rings (SSSR count). The van der Waals surface area contributed by atoms with E-state index in [-0.39, 0.29) is 30.4 Å². The first-order valence-corrected chi connectivity index (χ1v) is 12.7. The number of imide groups is 1. The van der Waals surface area contributed by atoms with Gasteiger partial charge in [-0.05, 0) is 55.5 Å². The third-order valence-corrected chi connectivity index (χ3v) is 7.63. The lowest BCUT2D eigenvalue weighted by Gasteiger charge is -2.47. The zero-order chi connectivity index (χ0) is 24.6. The van der Waals surface area contributed by atoms with Gasteiger partial charge in [0, 0.05) is 49.9 Å². The highest BCUT2D eigenvalue weighted by molar-refractivity contribution is 6.05. The van der Waals surface area contributed by atoms with Crippen molar-refractivity contribution in [3.8, 4) is 11.6 Å². The molecule has 0 spiro atoms. The van der Waals surface area contributed by atoms with Crippen LogP contribution in [-0.4, -0.2) is 75.1 Å². The minimum absolute atomic E-state index is 0.0672. The van der Waals surface area contributed by atoms with Crippen LogP contribution in [-0.2, 0) is 16.1 Å². The summed E-state index contributed by atoms with van der Waals surface area (Å²) in [6.45, 7) is 2.01. The van der Waals surface area contributed by atoms with Crippen LogP contribution in [0.3, 0.4) is 0 Å². The summed E-state index contributed by atoms with van der Waals surface area (Å²) in [5.74, 6) is 0.447. The first kappa shape index (κ1) is 22.9. The summed E-state index contributed by atoms with van der Waals surface area (Å²) in [5.41, 5.74) is 1.45. The molecular weight excluding hydrogens is 462 g/mol. The molecule has 2 saturated heterocycles. The molecule has 10 heteroatoms. The standard InChI is InChI=1S/C26H29N5O5/c32-23-10-9-21(25(33)28-23)31-13-16-12-17(7-8-19(16)26(31)34)35-22-5-2-1-4-20(22)30-14-18(15-30)36-24-6-3-11-27-29-24/h3,6-8,11-12,18,20-22H,1-2,4-5,9-10,13-15H2,(H,28,32,33)/t20-,21?,22+/m1/s1. The van der Waals surface area contributed by atoms with Gasteiger partial charge in [0.1, 0.15) is 24.0 Å². The van der Waals surface area contributed by atoms with Crippen LogP contribution in [0.2, 0.25) is 0 Å². The number of hydrogen-bond donors (Lipinski definition) is 1. The van der Waals surface area contributed by atoms with Crippen LogP contribution in [0, 0.1) is 0 Å². The molecule has 1 aromatic heterocycles. The molecule has 3 amide bonds. The number of likely N-dealkylation sites (tertiary alicyclic amines) is 1. The minimum atomic E-state index is -0.613. The molecule has 4 aliphatic rings. The number of nitrogens with one attached hydrogen (secondary N) is 1. The Labute approximate surface area is 208 Å². The second kappa shape index (κ2) is 9.50. The van der Waals surface area contributed by atoms with Crippen molar-refractivity contribution in [3.63, 3.8) is 0 Å². The maximum Gasteiger partial charge on any atom is 0.255 e. The monoisotopic (exact) mass is 491 g/mol. The summed E-state index contributed by atoms with van der Waals surface area (Å²) in [7, 11) is 0. The summed E-state index contributed by atoms with van der Waals surface area (Å²) >= 11 is 0. The van der Waals surface area contributed by atoms with Gasteiger partial charge in [0.25, 0.3) is 5.91 Å². The largest absolute Gasteiger partial charge is 0.489 e. The molecule has 0 bridgehead atoms. The van der Waals surface area contributed by atoms with E-state index in [2.05, 4.69) is 20.4 Å². The summed E-state index contributed by atoms with van der Waals surface area (Å²) in [4.78, 5) is 40.8. The maximum absolute atomic E-state index is 13.0. The Hall–Kier alpha value is -3.53. The number of hydrogen-bond acceptors (Lipinski definition) is 8. The van der Waals surface area contributed by atoms with Crippen LogP contribution < -0.4 is 14.8 Å². The van der Waals surface area contributed by atoms with E-state index >= 15 is 0 Å². The number of carbonyl (C=O) groups is 3. The van der Waals surface area contributed by atoms with Crippen LogP contribution in [0.15, 0.2) is 36.5 Å². The van der Waals surface area contributed by atoms with Gasteiger partial charge >= 0.3 is 0 Å². The van der Waals surface area contributed by atoms with Crippen molar-refractivity contribution in [3.05, 3.63) is 47.7 Å². The predicted molar refractivity (Wildman–Crippen MR) is 127 cm³/mol. The molecule has 1 N–H and O–H groups in total. The molecule has 1 saturated carbocycles. The molecule has 2 aromatic rings. The van der Waals surface area contributed by atoms with Crippen LogP contribution in [0.5, 0.6) is 11.6 Å². The van der Waals surface area contributed by atoms with Crippen molar-refractivity contribution < 1.29 is 23.9 Å². The lowest BCUT2D eigenvalue weighted by Crippen LogP contribution is -2.62. The van der Waals surface area contributed by atoms with Gasteiger partial charge in [0.2, 0.25) is 17.7 Å². The number of piperidine rings is 1. The lowest BCUT2D eigenvalue weighted by molar-refractivity contribution is -0.136. The first-order chi connectivity index (χ1) is 17.5. The zero-order valence-corrected chi connectivity index (χ0v) is 20.0. The molecule has 3 aliphatic heterocycles. The fraction of sp³-hybridized carbons (Fsp3) is 0.500. The highest BCUT2D eigenvalue weighted by atomic mass is 16.5. The van der Waals surface area contributed by atoms with Crippen molar-refractivity contribution in [1.29, 1.82) is 0 Å². The normalized spacial score (nSPS) is 26.8. The van der Waals surface area contributed by atoms with Crippen molar-refractivity contribution >= 4 is 17.7 Å². The smallest absolute Gasteiger partial charge is 0.255 e. The Morgan fingerprint density at radius 2 is 1.86 bits per heavy atom. The van der Waals surface area contributed by atoms with Crippen LogP contribution in [0.25, 0.3) is 0 Å². The van der Waals surface area contributed by atoms with E-state index < -0.39 is 11.9 Å². The number of fused-ring (bicyclic) bond motifs is 1. The number of carbonyl (C=O) groups excluding carboxylic acids is 3. The number of nitrogens with zero attached hydrogens (tertiary/aromatic N) is 4. The second-order valence-electron chi connectivity index (χ2n) is 9.98. The first-order valence-electron chi connectivity index (χ1n) is 12.7. The molecule has 188 valence electrons. The van der Waals surface area contributed by atoms with E-state index in [1.807, 2.05) is 24.3 Å². The fourth-order valence-electron chi connectivity index (χ4n) is 5.77. The SMILES string of the molecule is O=C1CCC(N2Cc3cc(O[C@H]4CCCC[C@H]4N4CC(Oc5cccnn5)C4)ccc3C2=O)C(=O)N1. The Balaban J connectivity index is 1.09. The molecule has 1 unspecified atom stereocenters. The van der Waals surface area contributed by atoms with Crippen LogP contribution in [0.4, 0.5) is 0 Å². The van der Waals surface area contributed by atoms with Gasteiger partial charge in [0.05, 0.1) is 0 Å². The Bertz CT molecular complexity index is 1170. The van der Waals surface area contributed by atoms with E-state index in [4.69, 9.17) is 9.47 Å². The third-order valence-electron chi connectivity index (χ3n) is 7.63. The molecule has 36 heavy (non-hydrogen) atoms. The average molecular weight is 492 g/mol. The number of amides is 3. The molecule has 4 heterocycles. The quantitative estimate of drug-likeness (QED) is 0.608. The fourth-order valence-corrected chi connectivity index (χ4v) is 5.77. The summed E-state index contributed by atoms with van der Waals surface area (Å²) in [5, 5.41) is 10.2. The predicted octanol–water partition coefficient (Wildman–Crippen LogP) is 1.69.